The van der Waals surface area contributed by atoms with E-state index >= 15 is 0 Å². The van der Waals surface area contributed by atoms with Crippen LogP contribution in [0.2, 0.25) is 0 Å². The Morgan fingerprint density at radius 3 is 1.20 bits per heavy atom. The molecule has 2 fully saturated rings. The van der Waals surface area contributed by atoms with E-state index in [1.165, 1.54) is 12.3 Å². The highest BCUT2D eigenvalue weighted by Crippen LogP contribution is 2.47. The van der Waals surface area contributed by atoms with Gasteiger partial charge in [-0.1, -0.05) is 182 Å². The molecule has 0 radical (unpaired) electrons. The van der Waals surface area contributed by atoms with Gasteiger partial charge in [0.1, 0.15) is 39.8 Å². The number of rotatable bonds is 15. The molecule has 0 bridgehead atoms. The van der Waals surface area contributed by atoms with E-state index in [4.69, 9.17) is 19.7 Å². The molecule has 14 nitrogen and oxygen atoms in total. The Kier molecular flexibility index (Phi) is 18.2. The van der Waals surface area contributed by atoms with E-state index in [0.717, 1.165) is 96.9 Å². The van der Waals surface area contributed by atoms with Crippen LogP contribution in [-0.4, -0.2) is 92.8 Å². The minimum Gasteiger partial charge on any atom is -0.491 e. The second-order valence-electron chi connectivity index (χ2n) is 22.9. The third-order valence-electron chi connectivity index (χ3n) is 16.1. The molecule has 0 spiro atoms. The largest absolute Gasteiger partial charge is 0.491 e. The molecule has 456 valence electrons. The zero-order valence-corrected chi connectivity index (χ0v) is 51.3. The number of benzene rings is 8. The van der Waals surface area contributed by atoms with Gasteiger partial charge in [0.05, 0.1) is 36.3 Å². The van der Waals surface area contributed by atoms with Gasteiger partial charge in [0.25, 0.3) is 0 Å². The van der Waals surface area contributed by atoms with Gasteiger partial charge in [-0.05, 0) is 116 Å². The van der Waals surface area contributed by atoms with Gasteiger partial charge in [-0.3, -0.25) is 9.59 Å². The highest BCUT2D eigenvalue weighted by molar-refractivity contribution is 5.96. The molecule has 2 amide bonds. The third-order valence-corrected chi connectivity index (χ3v) is 16.1. The second kappa shape index (κ2) is 27.3. The lowest BCUT2D eigenvalue weighted by molar-refractivity contribution is -0.121. The number of anilines is 1. The van der Waals surface area contributed by atoms with Crippen molar-refractivity contribution < 1.29 is 23.5 Å². The molecule has 15 heteroatoms. The molecule has 91 heavy (non-hydrogen) atoms. The molecule has 8 aromatic carbocycles. The molecule has 0 unspecified atom stereocenters. The van der Waals surface area contributed by atoms with Crippen molar-refractivity contribution in [3.8, 4) is 34.0 Å². The van der Waals surface area contributed by atoms with Crippen LogP contribution in [0.25, 0.3) is 44.3 Å². The number of hydrogen-bond donors (Lipinski definition) is 3. The molecule has 0 aliphatic carbocycles. The summed E-state index contributed by atoms with van der Waals surface area (Å²) in [7, 11) is 0. The van der Waals surface area contributed by atoms with Crippen LogP contribution in [0.5, 0.6) is 11.5 Å². The summed E-state index contributed by atoms with van der Waals surface area (Å²) in [6, 6.07) is 82.4. The van der Waals surface area contributed by atoms with Crippen LogP contribution >= 0.6 is 0 Å². The monoisotopic (exact) mass is 1210 g/mol. The first-order valence-corrected chi connectivity index (χ1v) is 30.8. The van der Waals surface area contributed by atoms with Crippen molar-refractivity contribution in [2.75, 3.05) is 44.2 Å². The molecular weight excluding hydrogens is 1140 g/mol. The third kappa shape index (κ3) is 12.7. The first kappa shape index (κ1) is 60.5. The standard InChI is InChI=1S/C38H35N5O2.C34H28FN3O.C4H8N2O/c1-27(2)45-32-18-19-34-33(25-32)37(28-20-21-39-35(24-28)42-23-22-40-36(44)26-42)41-43(34)38(29-12-6-3-7-13-29,30-14-8-4-9-15-30)31-16-10-5-11-17-31;1-24(2)39-29-18-19-31-30(23-29)33(25-20-21-36-32(35)22-25)37-38(31)34(26-12-6-3-7-13-26,27-14-8-4-9-15-27)28-16-10-5-11-17-28;7-4-3-5-1-2-6-4/h3-21,24-25,27H,22-23,26H2,1-2H3,(H,40,44);3-24H,1-2H3;5H,1-3H2,(H,6,7). The van der Waals surface area contributed by atoms with Gasteiger partial charge >= 0.3 is 0 Å². The summed E-state index contributed by atoms with van der Waals surface area (Å²) in [5, 5.41) is 21.1. The lowest BCUT2D eigenvalue weighted by Crippen LogP contribution is -2.48. The molecule has 0 atom stereocenters. The topological polar surface area (TPSA) is 153 Å². The Morgan fingerprint density at radius 1 is 0.451 bits per heavy atom. The highest BCUT2D eigenvalue weighted by atomic mass is 19.1. The van der Waals surface area contributed by atoms with Crippen molar-refractivity contribution in [1.82, 2.24) is 45.5 Å². The highest BCUT2D eigenvalue weighted by Gasteiger charge is 2.43. The molecule has 6 heterocycles. The summed E-state index contributed by atoms with van der Waals surface area (Å²) in [4.78, 5) is 32.9. The molecule has 4 aromatic heterocycles. The van der Waals surface area contributed by atoms with Crippen LogP contribution in [0.1, 0.15) is 61.1 Å². The number of halogens is 1. The molecular formula is C76H71FN10O4. The Hall–Kier alpha value is -10.8. The Balaban J connectivity index is 0.000000160. The zero-order valence-electron chi connectivity index (χ0n) is 51.3. The maximum atomic E-state index is 14.4. The fourth-order valence-electron chi connectivity index (χ4n) is 12.3. The minimum absolute atomic E-state index is 0.00276. The number of nitrogens with one attached hydrogen (secondary N) is 3. The summed E-state index contributed by atoms with van der Waals surface area (Å²) in [6.45, 7) is 11.8. The number of piperazine rings is 2. The van der Waals surface area contributed by atoms with Gasteiger partial charge in [-0.2, -0.15) is 14.6 Å². The first-order valence-electron chi connectivity index (χ1n) is 30.8. The number of ether oxygens (including phenoxy) is 2. The summed E-state index contributed by atoms with van der Waals surface area (Å²) in [5.74, 6) is 1.82. The van der Waals surface area contributed by atoms with Gasteiger partial charge in [0.15, 0.2) is 0 Å². The van der Waals surface area contributed by atoms with Gasteiger partial charge in [-0.25, -0.2) is 19.3 Å². The van der Waals surface area contributed by atoms with E-state index in [2.05, 4.69) is 193 Å². The smallest absolute Gasteiger partial charge is 0.239 e. The predicted octanol–water partition coefficient (Wildman–Crippen LogP) is 13.2. The normalized spacial score (nSPS) is 13.4. The van der Waals surface area contributed by atoms with Gasteiger partial charge in [-0.15, -0.1) is 0 Å². The lowest BCUT2D eigenvalue weighted by Gasteiger charge is -2.37. The molecule has 2 aliphatic heterocycles. The molecule has 3 N–H and O–H groups in total. The van der Waals surface area contributed by atoms with E-state index < -0.39 is 17.0 Å². The maximum absolute atomic E-state index is 14.4. The molecule has 2 saturated heterocycles. The van der Waals surface area contributed by atoms with Crippen LogP contribution in [0.3, 0.4) is 0 Å². The summed E-state index contributed by atoms with van der Waals surface area (Å²) >= 11 is 0. The van der Waals surface area contributed by atoms with E-state index in [1.807, 2.05) is 105 Å². The fraction of sp³-hybridized carbons (Fsp3) is 0.184. The van der Waals surface area contributed by atoms with E-state index in [-0.39, 0.29) is 30.6 Å². The minimum atomic E-state index is -0.813. The van der Waals surface area contributed by atoms with Crippen molar-refractivity contribution >= 4 is 39.4 Å². The fourth-order valence-corrected chi connectivity index (χ4v) is 12.3. The van der Waals surface area contributed by atoms with Gasteiger partial charge in [0.2, 0.25) is 17.8 Å². The number of fused-ring (bicyclic) bond motifs is 2. The molecule has 12 aromatic rings. The quantitative estimate of drug-likeness (QED) is 0.0668. The number of carbonyl (C=O) groups is 2. The average molecular weight is 1210 g/mol. The molecule has 0 saturated carbocycles. The van der Waals surface area contributed by atoms with Crippen molar-refractivity contribution in [2.24, 2.45) is 0 Å². The Bertz CT molecular complexity index is 4220. The Labute approximate surface area is 529 Å². The van der Waals surface area contributed by atoms with Crippen LogP contribution in [0.15, 0.2) is 255 Å². The lowest BCUT2D eigenvalue weighted by atomic mass is 9.77. The van der Waals surface area contributed by atoms with Crippen LogP contribution in [0.4, 0.5) is 10.2 Å². The van der Waals surface area contributed by atoms with Crippen LogP contribution in [0, 0.1) is 5.95 Å². The summed E-state index contributed by atoms with van der Waals surface area (Å²) < 4.78 is 30.9. The van der Waals surface area contributed by atoms with Crippen molar-refractivity contribution in [2.45, 2.75) is 51.0 Å². The van der Waals surface area contributed by atoms with Crippen molar-refractivity contribution in [1.29, 1.82) is 0 Å². The summed E-state index contributed by atoms with van der Waals surface area (Å²) in [5.41, 5.74) is 9.75. The predicted molar refractivity (Wildman–Crippen MR) is 358 cm³/mol. The maximum Gasteiger partial charge on any atom is 0.239 e. The van der Waals surface area contributed by atoms with E-state index in [0.29, 0.717) is 30.9 Å². The summed E-state index contributed by atoms with van der Waals surface area (Å²) in [6.07, 6.45) is 3.31. The zero-order chi connectivity index (χ0) is 62.7. The molecule has 2 aliphatic rings. The number of pyridine rings is 2. The number of nitrogens with zero attached hydrogens (tertiary/aromatic N) is 7. The SMILES string of the molecule is CC(C)Oc1ccc2c(c1)c(-c1ccnc(F)c1)nn2C(c1ccccc1)(c1ccccc1)c1ccccc1.CC(C)Oc1ccc2c(c1)c(-c1ccnc(N3CCNC(=O)C3)c1)nn2C(c1ccccc1)(c1ccccc1)c1ccccc1.O=C1CNCCN1. The van der Waals surface area contributed by atoms with Crippen LogP contribution in [-0.2, 0) is 20.7 Å². The molecule has 14 rings (SSSR count). The Morgan fingerprint density at radius 2 is 0.846 bits per heavy atom. The number of hydrogen-bond acceptors (Lipinski definition) is 10. The van der Waals surface area contributed by atoms with Crippen LogP contribution < -0.4 is 30.3 Å². The second-order valence-corrected chi connectivity index (χ2v) is 22.9. The average Bonchev–Trinajstić information content (AvgIpc) is 1.66. The van der Waals surface area contributed by atoms with Gasteiger partial charge < -0.3 is 30.3 Å². The number of aromatic nitrogens is 6. The van der Waals surface area contributed by atoms with E-state index in [9.17, 15) is 14.0 Å². The van der Waals surface area contributed by atoms with E-state index in [1.54, 1.807) is 12.3 Å². The number of amides is 2. The van der Waals surface area contributed by atoms with Gasteiger partial charge in [0, 0.05) is 66.5 Å². The number of carbonyl (C=O) groups excluding carboxylic acids is 2. The van der Waals surface area contributed by atoms with Crippen molar-refractivity contribution in [3.05, 3.63) is 294 Å². The van der Waals surface area contributed by atoms with Crippen molar-refractivity contribution in [3.63, 3.8) is 0 Å². The first-order chi connectivity index (χ1) is 44.5.